The average molecular weight is 289 g/mol. The predicted octanol–water partition coefficient (Wildman–Crippen LogP) is -0.534. The van der Waals surface area contributed by atoms with Gasteiger partial charge in [-0.3, -0.25) is 0 Å². The van der Waals surface area contributed by atoms with Crippen molar-refractivity contribution in [1.29, 1.82) is 0 Å². The molecule has 1 rings (SSSR count). The summed E-state index contributed by atoms with van der Waals surface area (Å²) in [5, 5.41) is 22.9. The van der Waals surface area contributed by atoms with Crippen LogP contribution in [0.25, 0.3) is 0 Å². The number of quaternary nitrogens is 1. The van der Waals surface area contributed by atoms with Crippen LogP contribution < -0.4 is 10.4 Å². The molecule has 1 aromatic rings. The molecule has 0 fully saturated rings. The van der Waals surface area contributed by atoms with Crippen LogP contribution >= 0.6 is 0 Å². The summed E-state index contributed by atoms with van der Waals surface area (Å²) in [5.74, 6) is 4.55. The lowest BCUT2D eigenvalue weighted by molar-refractivity contribution is -0.691. The Labute approximate surface area is 126 Å². The lowest BCUT2D eigenvalue weighted by atomic mass is 10.0. The normalized spacial score (nSPS) is 14.6. The van der Waals surface area contributed by atoms with Crippen LogP contribution in [0, 0.1) is 11.8 Å². The number of hydrogen-bond acceptors (Lipinski definition) is 3. The minimum absolute atomic E-state index is 0.204. The lowest BCUT2D eigenvalue weighted by Crippen LogP contribution is -2.96. The molecule has 0 saturated heterocycles. The summed E-state index contributed by atoms with van der Waals surface area (Å²) in [6, 6.07) is 8.65. The van der Waals surface area contributed by atoms with Gasteiger partial charge in [-0.05, 0) is 18.9 Å². The molecule has 114 valence electrons. The first-order valence-corrected chi connectivity index (χ1v) is 7.25. The topological polar surface area (TPSA) is 77.0 Å². The highest BCUT2D eigenvalue weighted by Gasteiger charge is 2.23. The van der Waals surface area contributed by atoms with Crippen molar-refractivity contribution in [1.82, 2.24) is 0 Å². The molecule has 21 heavy (non-hydrogen) atoms. The van der Waals surface area contributed by atoms with Gasteiger partial charge in [0.2, 0.25) is 0 Å². The first kappa shape index (κ1) is 17.2. The molecule has 4 heteroatoms. The molecule has 0 bridgehead atoms. The summed E-state index contributed by atoms with van der Waals surface area (Å²) >= 11 is 0. The highest BCUT2D eigenvalue weighted by Crippen LogP contribution is 2.02. The number of nitrogens with two attached hydrogens (primary N) is 1. The summed E-state index contributed by atoms with van der Waals surface area (Å²) < 4.78 is 0. The minimum Gasteiger partial charge on any atom is -0.544 e. The van der Waals surface area contributed by atoms with E-state index in [0.717, 1.165) is 18.4 Å². The highest BCUT2D eigenvalue weighted by molar-refractivity contribution is 5.69. The van der Waals surface area contributed by atoms with Crippen molar-refractivity contribution < 1.29 is 20.3 Å². The molecule has 0 aromatic heterocycles. The van der Waals surface area contributed by atoms with E-state index in [4.69, 9.17) is 0 Å². The molecule has 2 atom stereocenters. The van der Waals surface area contributed by atoms with E-state index in [-0.39, 0.29) is 6.54 Å². The Bertz CT molecular complexity index is 500. The monoisotopic (exact) mass is 289 g/mol. The molecule has 0 aliphatic carbocycles. The average Bonchev–Trinajstić information content (AvgIpc) is 2.44. The van der Waals surface area contributed by atoms with Crippen molar-refractivity contribution in [3.05, 3.63) is 35.9 Å². The van der Waals surface area contributed by atoms with E-state index in [2.05, 4.69) is 11.8 Å². The molecular formula is C17H23NO3. The summed E-state index contributed by atoms with van der Waals surface area (Å²) in [7, 11) is 0. The van der Waals surface area contributed by atoms with E-state index in [9.17, 15) is 15.0 Å². The van der Waals surface area contributed by atoms with Gasteiger partial charge in [0.25, 0.3) is 0 Å². The molecule has 0 amide bonds. The molecule has 0 saturated carbocycles. The number of unbranched alkanes of at least 4 members (excludes halogenated alkanes) is 1. The Morgan fingerprint density at radius 2 is 2.10 bits per heavy atom. The molecule has 4 nitrogen and oxygen atoms in total. The fourth-order valence-electron chi connectivity index (χ4n) is 1.93. The van der Waals surface area contributed by atoms with Crippen LogP contribution in [0.1, 0.15) is 32.3 Å². The molecular weight excluding hydrogens is 266 g/mol. The Hall–Kier alpha value is -1.83. The zero-order valence-electron chi connectivity index (χ0n) is 12.6. The van der Waals surface area contributed by atoms with E-state index >= 15 is 0 Å². The first-order valence-electron chi connectivity index (χ1n) is 7.25. The summed E-state index contributed by atoms with van der Waals surface area (Å²) in [4.78, 5) is 11.2. The molecule has 0 aliphatic rings. The van der Waals surface area contributed by atoms with E-state index in [0.29, 0.717) is 6.42 Å². The molecule has 0 heterocycles. The Morgan fingerprint density at radius 3 is 2.67 bits per heavy atom. The largest absolute Gasteiger partial charge is 0.544 e. The fraction of sp³-hybridized carbons (Fsp3) is 0.471. The van der Waals surface area contributed by atoms with Crippen LogP contribution in [-0.4, -0.2) is 29.3 Å². The Morgan fingerprint density at radius 1 is 1.43 bits per heavy atom. The third-order valence-corrected chi connectivity index (χ3v) is 3.13. The lowest BCUT2D eigenvalue weighted by Gasteiger charge is -2.21. The van der Waals surface area contributed by atoms with E-state index < -0.39 is 17.6 Å². The van der Waals surface area contributed by atoms with Gasteiger partial charge in [0.05, 0.1) is 5.97 Å². The second-order valence-electron chi connectivity index (χ2n) is 5.38. The van der Waals surface area contributed by atoms with Gasteiger partial charge in [0.1, 0.15) is 12.6 Å². The number of hydrogen-bond donors (Lipinski definition) is 2. The van der Waals surface area contributed by atoms with E-state index in [1.54, 1.807) is 12.2 Å². The number of carbonyl (C=O) groups is 1. The molecule has 0 unspecified atom stereocenters. The first-order chi connectivity index (χ1) is 9.94. The van der Waals surface area contributed by atoms with Crippen LogP contribution in [0.4, 0.5) is 0 Å². The van der Waals surface area contributed by atoms with Crippen LogP contribution in [0.15, 0.2) is 30.3 Å². The third-order valence-electron chi connectivity index (χ3n) is 3.13. The third kappa shape index (κ3) is 6.94. The van der Waals surface area contributed by atoms with Gasteiger partial charge >= 0.3 is 0 Å². The quantitative estimate of drug-likeness (QED) is 0.662. The van der Waals surface area contributed by atoms with Crippen molar-refractivity contribution in [3.8, 4) is 11.8 Å². The van der Waals surface area contributed by atoms with E-state index in [1.165, 1.54) is 0 Å². The Balaban J connectivity index is 2.60. The summed E-state index contributed by atoms with van der Waals surface area (Å²) in [6.45, 7) is 3.82. The maximum absolute atomic E-state index is 11.2. The van der Waals surface area contributed by atoms with Crippen molar-refractivity contribution in [2.75, 3.05) is 6.54 Å². The SMILES string of the molecule is CCCC#C[C@@](C)(O)C[NH2+][C@H](Cc1ccccc1)C(=O)[O-]. The number of carbonyl (C=O) groups excluding carboxylic acids is 1. The smallest absolute Gasteiger partial charge is 0.171 e. The van der Waals surface area contributed by atoms with Gasteiger partial charge in [0.15, 0.2) is 5.60 Å². The maximum atomic E-state index is 11.2. The number of carboxylic acids is 1. The van der Waals surface area contributed by atoms with Gasteiger partial charge < -0.3 is 20.3 Å². The summed E-state index contributed by atoms with van der Waals surface area (Å²) in [5.41, 5.74) is -0.265. The van der Waals surface area contributed by atoms with Crippen molar-refractivity contribution in [2.45, 2.75) is 44.8 Å². The van der Waals surface area contributed by atoms with E-state index in [1.807, 2.05) is 37.3 Å². The number of aliphatic carboxylic acids is 1. The van der Waals surface area contributed by atoms with Gasteiger partial charge in [-0.2, -0.15) is 0 Å². The molecule has 3 N–H and O–H groups in total. The molecule has 0 spiro atoms. The number of carboxylic acid groups (broad SMARTS) is 1. The molecule has 1 aromatic carbocycles. The second kappa shape index (κ2) is 8.46. The zero-order valence-corrected chi connectivity index (χ0v) is 12.6. The second-order valence-corrected chi connectivity index (χ2v) is 5.38. The molecule has 0 aliphatic heterocycles. The minimum atomic E-state index is -1.19. The van der Waals surface area contributed by atoms with Gasteiger partial charge in [-0.15, -0.1) is 5.92 Å². The van der Waals surface area contributed by atoms with Crippen LogP contribution in [0.5, 0.6) is 0 Å². The standard InChI is InChI=1S/C17H23NO3/c1-3-4-8-11-17(2,21)13-18-15(16(19)20)12-14-9-6-5-7-10-14/h5-7,9-10,15,18,21H,3-4,12-13H2,1-2H3,(H,19,20)/t15-,17-/m1/s1. The zero-order chi connectivity index (χ0) is 15.7. The summed E-state index contributed by atoms with van der Waals surface area (Å²) in [6.07, 6.45) is 2.02. The fourth-order valence-corrected chi connectivity index (χ4v) is 1.93. The number of aliphatic hydroxyl groups is 1. The van der Waals surface area contributed by atoms with Crippen LogP contribution in [0.2, 0.25) is 0 Å². The van der Waals surface area contributed by atoms with Gasteiger partial charge in [0, 0.05) is 12.8 Å². The number of rotatable bonds is 7. The van der Waals surface area contributed by atoms with Gasteiger partial charge in [-0.25, -0.2) is 0 Å². The van der Waals surface area contributed by atoms with Crippen LogP contribution in [0.3, 0.4) is 0 Å². The van der Waals surface area contributed by atoms with Gasteiger partial charge in [-0.1, -0.05) is 43.2 Å². The maximum Gasteiger partial charge on any atom is 0.171 e. The molecule has 0 radical (unpaired) electrons. The Kier molecular flexibility index (Phi) is 6.93. The van der Waals surface area contributed by atoms with Crippen molar-refractivity contribution in [2.24, 2.45) is 0 Å². The number of benzene rings is 1. The van der Waals surface area contributed by atoms with Crippen molar-refractivity contribution >= 4 is 5.97 Å². The van der Waals surface area contributed by atoms with Crippen molar-refractivity contribution in [3.63, 3.8) is 0 Å². The van der Waals surface area contributed by atoms with Crippen LogP contribution in [-0.2, 0) is 11.2 Å². The predicted molar refractivity (Wildman–Crippen MR) is 79.0 cm³/mol. The highest BCUT2D eigenvalue weighted by atomic mass is 16.4.